The molecular weight excluding hydrogens is 544 g/mol. The summed E-state index contributed by atoms with van der Waals surface area (Å²) in [6.07, 6.45) is 4.47. The first-order valence-corrected chi connectivity index (χ1v) is 13.0. The van der Waals surface area contributed by atoms with Gasteiger partial charge in [-0.25, -0.2) is 18.4 Å². The fourth-order valence-corrected chi connectivity index (χ4v) is 4.63. The topological polar surface area (TPSA) is 141 Å². The summed E-state index contributed by atoms with van der Waals surface area (Å²) in [5.74, 6) is -2.58. The summed E-state index contributed by atoms with van der Waals surface area (Å²) in [6, 6.07) is 1.23. The van der Waals surface area contributed by atoms with Crippen LogP contribution in [0.1, 0.15) is 6.92 Å². The molecule has 3 unspecified atom stereocenters. The van der Waals surface area contributed by atoms with Crippen LogP contribution < -0.4 is 20.4 Å². The van der Waals surface area contributed by atoms with E-state index >= 15 is 8.78 Å². The van der Waals surface area contributed by atoms with Crippen LogP contribution in [-0.4, -0.2) is 98.6 Å². The molecule has 1 aromatic rings. The van der Waals surface area contributed by atoms with E-state index in [2.05, 4.69) is 15.4 Å². The number of hydrogen-bond donors (Lipinski definition) is 3. The third kappa shape index (κ3) is 7.01. The van der Waals surface area contributed by atoms with Crippen LogP contribution in [0.25, 0.3) is 0 Å². The maximum Gasteiger partial charge on any atom is 0.414 e. The Labute approximate surface area is 234 Å². The van der Waals surface area contributed by atoms with Crippen molar-refractivity contribution >= 4 is 35.4 Å². The van der Waals surface area contributed by atoms with Crippen molar-refractivity contribution in [1.29, 1.82) is 0 Å². The molecule has 2 saturated heterocycles. The molecule has 220 valence electrons. The molecule has 2 fully saturated rings. The number of aliphatic hydroxyl groups excluding tert-OH is 1. The van der Waals surface area contributed by atoms with E-state index in [9.17, 15) is 24.3 Å². The van der Waals surface area contributed by atoms with E-state index in [0.717, 1.165) is 17.0 Å². The fraction of sp³-hybridized carbons (Fsp3) is 0.407. The molecule has 4 amide bonds. The van der Waals surface area contributed by atoms with Gasteiger partial charge in [-0.05, 0) is 13.0 Å². The van der Waals surface area contributed by atoms with E-state index in [-0.39, 0.29) is 62.1 Å². The lowest BCUT2D eigenvalue weighted by Crippen LogP contribution is -2.54. The summed E-state index contributed by atoms with van der Waals surface area (Å²) < 4.78 is 39.9. The maximum absolute atomic E-state index is 15.1. The molecule has 3 atom stereocenters. The molecule has 3 aliphatic rings. The lowest BCUT2D eigenvalue weighted by Gasteiger charge is -2.37. The highest BCUT2D eigenvalue weighted by molar-refractivity contribution is 5.99. The molecule has 2 heterocycles. The van der Waals surface area contributed by atoms with E-state index in [1.165, 1.54) is 41.2 Å². The Morgan fingerprint density at radius 1 is 1.15 bits per heavy atom. The number of halogens is 2. The van der Waals surface area contributed by atoms with Gasteiger partial charge in [0, 0.05) is 43.9 Å². The number of anilines is 2. The maximum atomic E-state index is 15.1. The van der Waals surface area contributed by atoms with Crippen molar-refractivity contribution in [2.24, 2.45) is 0 Å². The van der Waals surface area contributed by atoms with Gasteiger partial charge in [0.05, 0.1) is 32.0 Å². The third-order valence-corrected chi connectivity index (χ3v) is 6.79. The molecule has 41 heavy (non-hydrogen) atoms. The number of piperazine rings is 1. The van der Waals surface area contributed by atoms with Gasteiger partial charge in [-0.15, -0.1) is 0 Å². The molecule has 2 aliphatic heterocycles. The van der Waals surface area contributed by atoms with Gasteiger partial charge in [0.1, 0.15) is 17.8 Å². The summed E-state index contributed by atoms with van der Waals surface area (Å²) in [4.78, 5) is 53.1. The summed E-state index contributed by atoms with van der Waals surface area (Å²) in [7, 11) is 1.19. The number of alkyl carbamates (subject to hydrolysis) is 1. The Kier molecular flexibility index (Phi) is 9.22. The monoisotopic (exact) mass is 575 g/mol. The molecule has 0 radical (unpaired) electrons. The fourth-order valence-electron chi connectivity index (χ4n) is 4.63. The molecule has 1 aromatic carbocycles. The number of hydrogen-bond acceptors (Lipinski definition) is 8. The number of nitrogens with one attached hydrogen (secondary N) is 2. The lowest BCUT2D eigenvalue weighted by molar-refractivity contribution is -0.135. The van der Waals surface area contributed by atoms with Gasteiger partial charge in [0.2, 0.25) is 5.91 Å². The van der Waals surface area contributed by atoms with Crippen LogP contribution in [0.2, 0.25) is 0 Å². The average Bonchev–Trinajstić information content (AvgIpc) is 3.18. The van der Waals surface area contributed by atoms with Gasteiger partial charge in [-0.1, -0.05) is 24.3 Å². The Balaban J connectivity index is 1.33. The van der Waals surface area contributed by atoms with E-state index < -0.39 is 48.0 Å². The number of carbonyl (C=O) groups excluding carboxylic acids is 4. The van der Waals surface area contributed by atoms with Crippen molar-refractivity contribution in [1.82, 2.24) is 15.5 Å². The first kappa shape index (κ1) is 29.5. The van der Waals surface area contributed by atoms with Crippen LogP contribution in [-0.2, 0) is 19.1 Å². The second-order valence-corrected chi connectivity index (χ2v) is 9.61. The van der Waals surface area contributed by atoms with Crippen molar-refractivity contribution in [2.75, 3.05) is 56.2 Å². The number of benzene rings is 1. The molecular formula is C27H31F2N5O7. The summed E-state index contributed by atoms with van der Waals surface area (Å²) >= 11 is 0. The number of nitrogens with zero attached hydrogens (tertiary/aromatic N) is 3. The summed E-state index contributed by atoms with van der Waals surface area (Å²) in [5, 5.41) is 14.6. The molecule has 1 aliphatic carbocycles. The Bertz CT molecular complexity index is 1270. The largest absolute Gasteiger partial charge is 0.453 e. The van der Waals surface area contributed by atoms with Crippen LogP contribution in [0.15, 0.2) is 48.1 Å². The predicted molar refractivity (Wildman–Crippen MR) is 143 cm³/mol. The van der Waals surface area contributed by atoms with Gasteiger partial charge in [-0.2, -0.15) is 0 Å². The zero-order valence-electron chi connectivity index (χ0n) is 22.5. The van der Waals surface area contributed by atoms with Crippen LogP contribution in [0.3, 0.4) is 0 Å². The van der Waals surface area contributed by atoms with E-state index in [1.54, 1.807) is 13.0 Å². The van der Waals surface area contributed by atoms with Crippen LogP contribution >= 0.6 is 0 Å². The summed E-state index contributed by atoms with van der Waals surface area (Å²) in [6.45, 7) is 2.12. The first-order chi connectivity index (χ1) is 19.6. The number of methoxy groups -OCH3 is 1. The number of ether oxygens (including phenoxy) is 2. The van der Waals surface area contributed by atoms with Crippen LogP contribution in [0.4, 0.5) is 29.7 Å². The molecule has 4 rings (SSSR count). The predicted octanol–water partition coefficient (Wildman–Crippen LogP) is 1.21. The Morgan fingerprint density at radius 2 is 1.83 bits per heavy atom. The SMILES string of the molecule is COC(=O)NCC1CN(c2cc(F)c(N3CCN(C(=O)C(C)NC(=O)C4=CC=CC(O)C=C4)CC3)c(F)c2)C(=O)O1. The van der Waals surface area contributed by atoms with Crippen molar-refractivity contribution < 1.29 is 42.5 Å². The highest BCUT2D eigenvalue weighted by Crippen LogP contribution is 2.31. The standard InChI is InChI=1S/C27H31F2N5O7/c1-16(31-24(36)17-4-3-5-19(35)7-6-17)25(37)33-10-8-32(9-11-33)23-21(28)12-18(13-22(23)29)34-15-20(41-27(34)39)14-30-26(38)40-2/h3-7,12-13,16,19-20,35H,8-11,14-15H2,1-2H3,(H,30,38)(H,31,36). The van der Waals surface area contributed by atoms with E-state index in [4.69, 9.17) is 4.74 Å². The summed E-state index contributed by atoms with van der Waals surface area (Å²) in [5.41, 5.74) is -0.0235. The van der Waals surface area contributed by atoms with Crippen molar-refractivity contribution in [3.63, 3.8) is 0 Å². The molecule has 0 aromatic heterocycles. The number of allylic oxidation sites excluding steroid dienone is 2. The Morgan fingerprint density at radius 3 is 2.49 bits per heavy atom. The average molecular weight is 576 g/mol. The highest BCUT2D eigenvalue weighted by atomic mass is 19.1. The molecule has 0 spiro atoms. The zero-order chi connectivity index (χ0) is 29.7. The Hall–Kier alpha value is -4.46. The number of amides is 4. The van der Waals surface area contributed by atoms with Crippen molar-refractivity contribution in [3.8, 4) is 0 Å². The second kappa shape index (κ2) is 12.8. The molecule has 3 N–H and O–H groups in total. The van der Waals surface area contributed by atoms with E-state index in [0.29, 0.717) is 0 Å². The quantitative estimate of drug-likeness (QED) is 0.441. The number of aliphatic hydroxyl groups is 1. The second-order valence-electron chi connectivity index (χ2n) is 9.61. The minimum atomic E-state index is -0.881. The van der Waals surface area contributed by atoms with Gasteiger partial charge in [-0.3, -0.25) is 14.5 Å². The number of cyclic esters (lactones) is 1. The highest BCUT2D eigenvalue weighted by Gasteiger charge is 2.34. The lowest BCUT2D eigenvalue weighted by atomic mass is 10.1. The molecule has 0 saturated carbocycles. The van der Waals surface area contributed by atoms with Crippen LogP contribution in [0.5, 0.6) is 0 Å². The van der Waals surface area contributed by atoms with E-state index in [1.807, 2.05) is 0 Å². The van der Waals surface area contributed by atoms with Gasteiger partial charge in [0.25, 0.3) is 5.91 Å². The normalized spacial score (nSPS) is 21.1. The molecule has 0 bridgehead atoms. The molecule has 14 heteroatoms. The number of carbonyl (C=O) groups is 4. The number of rotatable bonds is 7. The van der Waals surface area contributed by atoms with Gasteiger partial charge < -0.3 is 35.0 Å². The minimum absolute atomic E-state index is 0.0250. The van der Waals surface area contributed by atoms with Gasteiger partial charge >= 0.3 is 12.2 Å². The van der Waals surface area contributed by atoms with Crippen molar-refractivity contribution in [3.05, 3.63) is 59.7 Å². The van der Waals surface area contributed by atoms with Gasteiger partial charge in [0.15, 0.2) is 11.6 Å². The third-order valence-electron chi connectivity index (χ3n) is 6.79. The van der Waals surface area contributed by atoms with Crippen LogP contribution in [0, 0.1) is 11.6 Å². The smallest absolute Gasteiger partial charge is 0.414 e. The van der Waals surface area contributed by atoms with Crippen molar-refractivity contribution in [2.45, 2.75) is 25.2 Å². The minimum Gasteiger partial charge on any atom is -0.453 e. The first-order valence-electron chi connectivity index (χ1n) is 13.0. The zero-order valence-corrected chi connectivity index (χ0v) is 22.5. The molecule has 12 nitrogen and oxygen atoms in total.